The quantitative estimate of drug-likeness (QED) is 0.817. The molecule has 0 bridgehead atoms. The molecule has 2 heterocycles. The van der Waals surface area contributed by atoms with Gasteiger partial charge in [-0.25, -0.2) is 0 Å². The number of ether oxygens (including phenoxy) is 2. The summed E-state index contributed by atoms with van der Waals surface area (Å²) in [5, 5.41) is 22.1. The minimum absolute atomic E-state index is 0.0250. The van der Waals surface area contributed by atoms with Gasteiger partial charge in [0.1, 0.15) is 11.4 Å². The van der Waals surface area contributed by atoms with Gasteiger partial charge >= 0.3 is 0 Å². The third-order valence-electron chi connectivity index (χ3n) is 5.08. The molecule has 1 unspecified atom stereocenters. The lowest BCUT2D eigenvalue weighted by Gasteiger charge is -2.26. The highest BCUT2D eigenvalue weighted by Gasteiger charge is 2.44. The average Bonchev–Trinajstić information content (AvgIpc) is 3.18. The van der Waals surface area contributed by atoms with E-state index in [2.05, 4.69) is 11.8 Å². The standard InChI is InChI=1S/C20H23NO4/c1-2-3-6-9-21-12-20(23,14-7-4-5-8-16(14)21)15-10-18-19(11-17(15)22)25-13-24-18/h4-5,7-8,10-11,22-23H,2-3,6,9,12-13H2,1H3. The fourth-order valence-electron chi connectivity index (χ4n) is 3.79. The molecule has 132 valence electrons. The summed E-state index contributed by atoms with van der Waals surface area (Å²) in [6.07, 6.45) is 3.39. The van der Waals surface area contributed by atoms with Crippen LogP contribution in [0.2, 0.25) is 0 Å². The Labute approximate surface area is 147 Å². The average molecular weight is 341 g/mol. The zero-order valence-corrected chi connectivity index (χ0v) is 14.4. The molecule has 2 aliphatic heterocycles. The second-order valence-corrected chi connectivity index (χ2v) is 6.73. The molecular formula is C20H23NO4. The maximum atomic E-state index is 11.6. The summed E-state index contributed by atoms with van der Waals surface area (Å²) in [5.74, 6) is 1.09. The Balaban J connectivity index is 1.74. The van der Waals surface area contributed by atoms with Crippen LogP contribution in [0.1, 0.15) is 37.3 Å². The monoisotopic (exact) mass is 341 g/mol. The molecule has 0 aromatic heterocycles. The van der Waals surface area contributed by atoms with E-state index >= 15 is 0 Å². The number of hydrogen-bond donors (Lipinski definition) is 2. The molecule has 1 atom stereocenters. The molecule has 25 heavy (non-hydrogen) atoms. The number of nitrogens with zero attached hydrogens (tertiary/aromatic N) is 1. The molecule has 5 heteroatoms. The van der Waals surface area contributed by atoms with Crippen LogP contribution in [0, 0.1) is 0 Å². The highest BCUT2D eigenvalue weighted by atomic mass is 16.7. The topological polar surface area (TPSA) is 62.2 Å². The summed E-state index contributed by atoms with van der Waals surface area (Å²) in [6, 6.07) is 11.1. The van der Waals surface area contributed by atoms with Crippen molar-refractivity contribution in [2.24, 2.45) is 0 Å². The van der Waals surface area contributed by atoms with Crippen LogP contribution in [-0.2, 0) is 5.60 Å². The Morgan fingerprint density at radius 3 is 2.64 bits per heavy atom. The van der Waals surface area contributed by atoms with E-state index < -0.39 is 5.60 Å². The SMILES string of the molecule is CCCCCN1CC(O)(c2cc3c(cc2O)OCO3)c2ccccc21. The maximum absolute atomic E-state index is 11.6. The number of para-hydroxylation sites is 1. The zero-order chi connectivity index (χ0) is 17.4. The Kier molecular flexibility index (Phi) is 3.96. The third kappa shape index (κ3) is 2.59. The molecule has 0 radical (unpaired) electrons. The predicted molar refractivity (Wildman–Crippen MR) is 95.4 cm³/mol. The van der Waals surface area contributed by atoms with Crippen molar-refractivity contribution in [2.45, 2.75) is 31.8 Å². The second kappa shape index (κ2) is 6.15. The number of unbranched alkanes of at least 4 members (excludes halogenated alkanes) is 2. The van der Waals surface area contributed by atoms with Crippen molar-refractivity contribution >= 4 is 5.69 Å². The molecule has 0 amide bonds. The fourth-order valence-corrected chi connectivity index (χ4v) is 3.79. The predicted octanol–water partition coefficient (Wildman–Crippen LogP) is 3.37. The highest BCUT2D eigenvalue weighted by molar-refractivity contribution is 5.67. The molecule has 2 aliphatic rings. The minimum Gasteiger partial charge on any atom is -0.507 e. The van der Waals surface area contributed by atoms with Crippen molar-refractivity contribution in [3.8, 4) is 17.2 Å². The Morgan fingerprint density at radius 1 is 1.08 bits per heavy atom. The summed E-state index contributed by atoms with van der Waals surface area (Å²) in [7, 11) is 0. The number of phenols is 1. The smallest absolute Gasteiger partial charge is 0.231 e. The first-order valence-corrected chi connectivity index (χ1v) is 8.83. The Bertz CT molecular complexity index is 791. The number of phenolic OH excluding ortho intramolecular Hbond substituents is 1. The van der Waals surface area contributed by atoms with Gasteiger partial charge in [0, 0.05) is 29.4 Å². The Hall–Kier alpha value is -2.40. The van der Waals surface area contributed by atoms with Gasteiger partial charge in [-0.05, 0) is 18.6 Å². The van der Waals surface area contributed by atoms with Crippen molar-refractivity contribution in [3.63, 3.8) is 0 Å². The van der Waals surface area contributed by atoms with Crippen LogP contribution in [0.3, 0.4) is 0 Å². The number of rotatable bonds is 5. The van der Waals surface area contributed by atoms with Crippen LogP contribution in [0.5, 0.6) is 17.2 Å². The first kappa shape index (κ1) is 16.1. The van der Waals surface area contributed by atoms with Crippen molar-refractivity contribution in [1.29, 1.82) is 0 Å². The van der Waals surface area contributed by atoms with Gasteiger partial charge in [0.05, 0.1) is 6.54 Å². The van der Waals surface area contributed by atoms with Crippen molar-refractivity contribution in [3.05, 3.63) is 47.5 Å². The maximum Gasteiger partial charge on any atom is 0.231 e. The summed E-state index contributed by atoms with van der Waals surface area (Å²) < 4.78 is 10.7. The van der Waals surface area contributed by atoms with E-state index in [1.807, 2.05) is 24.3 Å². The van der Waals surface area contributed by atoms with E-state index in [0.717, 1.165) is 37.1 Å². The number of aromatic hydroxyl groups is 1. The zero-order valence-electron chi connectivity index (χ0n) is 14.4. The van der Waals surface area contributed by atoms with E-state index in [1.54, 1.807) is 6.07 Å². The van der Waals surface area contributed by atoms with E-state index in [0.29, 0.717) is 23.6 Å². The van der Waals surface area contributed by atoms with Crippen LogP contribution in [0.25, 0.3) is 0 Å². The molecule has 0 fully saturated rings. The van der Waals surface area contributed by atoms with Gasteiger partial charge in [0.25, 0.3) is 0 Å². The van der Waals surface area contributed by atoms with Gasteiger partial charge in [0.2, 0.25) is 6.79 Å². The Morgan fingerprint density at radius 2 is 1.84 bits per heavy atom. The molecule has 2 aromatic rings. The van der Waals surface area contributed by atoms with Crippen LogP contribution in [-0.4, -0.2) is 30.1 Å². The summed E-state index contributed by atoms with van der Waals surface area (Å²) >= 11 is 0. The normalized spacial score (nSPS) is 20.8. The summed E-state index contributed by atoms with van der Waals surface area (Å²) in [4.78, 5) is 2.20. The molecule has 0 aliphatic carbocycles. The lowest BCUT2D eigenvalue weighted by Crippen LogP contribution is -2.35. The minimum atomic E-state index is -1.27. The fraction of sp³-hybridized carbons (Fsp3) is 0.400. The van der Waals surface area contributed by atoms with E-state index in [1.165, 1.54) is 6.07 Å². The summed E-state index contributed by atoms with van der Waals surface area (Å²) in [5.41, 5.74) is 1.04. The number of hydrogen-bond acceptors (Lipinski definition) is 5. The van der Waals surface area contributed by atoms with E-state index in [9.17, 15) is 10.2 Å². The molecule has 0 spiro atoms. The third-order valence-corrected chi connectivity index (χ3v) is 5.08. The molecule has 5 nitrogen and oxygen atoms in total. The molecule has 2 N–H and O–H groups in total. The molecule has 0 saturated carbocycles. The molecule has 4 rings (SSSR count). The van der Waals surface area contributed by atoms with Crippen LogP contribution in [0.15, 0.2) is 36.4 Å². The summed E-state index contributed by atoms with van der Waals surface area (Å²) in [6.45, 7) is 3.62. The van der Waals surface area contributed by atoms with Crippen LogP contribution < -0.4 is 14.4 Å². The van der Waals surface area contributed by atoms with Gasteiger partial charge in [-0.1, -0.05) is 38.0 Å². The van der Waals surface area contributed by atoms with E-state index in [4.69, 9.17) is 9.47 Å². The van der Waals surface area contributed by atoms with Crippen molar-refractivity contribution < 1.29 is 19.7 Å². The van der Waals surface area contributed by atoms with Crippen LogP contribution >= 0.6 is 0 Å². The van der Waals surface area contributed by atoms with Gasteiger partial charge in [-0.2, -0.15) is 0 Å². The van der Waals surface area contributed by atoms with Gasteiger partial charge in [-0.3, -0.25) is 0 Å². The second-order valence-electron chi connectivity index (χ2n) is 6.73. The molecular weight excluding hydrogens is 318 g/mol. The number of fused-ring (bicyclic) bond motifs is 2. The van der Waals surface area contributed by atoms with Gasteiger partial charge in [0.15, 0.2) is 11.5 Å². The van der Waals surface area contributed by atoms with Gasteiger partial charge in [-0.15, -0.1) is 0 Å². The van der Waals surface area contributed by atoms with Gasteiger partial charge < -0.3 is 24.6 Å². The molecule has 2 aromatic carbocycles. The number of β-amino-alcohol motifs (C(OH)–C–C–N with tert-alkyl or cyclic N) is 1. The number of anilines is 1. The van der Waals surface area contributed by atoms with E-state index in [-0.39, 0.29) is 12.5 Å². The van der Waals surface area contributed by atoms with Crippen molar-refractivity contribution in [2.75, 3.05) is 24.8 Å². The highest BCUT2D eigenvalue weighted by Crippen LogP contribution is 2.49. The van der Waals surface area contributed by atoms with Crippen LogP contribution in [0.4, 0.5) is 5.69 Å². The lowest BCUT2D eigenvalue weighted by atomic mass is 9.87. The number of benzene rings is 2. The first-order chi connectivity index (χ1) is 12.1. The first-order valence-electron chi connectivity index (χ1n) is 8.83. The lowest BCUT2D eigenvalue weighted by molar-refractivity contribution is 0.0947. The largest absolute Gasteiger partial charge is 0.507 e. The van der Waals surface area contributed by atoms with Crippen molar-refractivity contribution in [1.82, 2.24) is 0 Å². The number of aliphatic hydroxyl groups is 1. The molecule has 0 saturated heterocycles.